The van der Waals surface area contributed by atoms with E-state index < -0.39 is 5.97 Å². The smallest absolute Gasteiger partial charge is 0.341 e. The van der Waals surface area contributed by atoms with E-state index in [0.29, 0.717) is 11.3 Å². The van der Waals surface area contributed by atoms with Gasteiger partial charge in [0, 0.05) is 5.56 Å². The van der Waals surface area contributed by atoms with Crippen molar-refractivity contribution in [1.29, 1.82) is 5.41 Å². The van der Waals surface area contributed by atoms with Gasteiger partial charge in [-0.05, 0) is 18.2 Å². The topological polar surface area (TPSA) is 85.4 Å². The second kappa shape index (κ2) is 4.45. The van der Waals surface area contributed by atoms with Crippen LogP contribution in [0.5, 0.6) is 5.75 Å². The molecule has 0 bridgehead atoms. The number of rotatable bonds is 3. The first kappa shape index (κ1) is 11.0. The van der Waals surface area contributed by atoms with Gasteiger partial charge in [-0.1, -0.05) is 0 Å². The highest BCUT2D eigenvalue weighted by Crippen LogP contribution is 2.20. The molecule has 0 aliphatic heterocycles. The Morgan fingerprint density at radius 1 is 1.40 bits per heavy atom. The fourth-order valence-corrected chi connectivity index (χ4v) is 1.14. The Morgan fingerprint density at radius 2 is 2.07 bits per heavy atom. The van der Waals surface area contributed by atoms with Gasteiger partial charge in [-0.3, -0.25) is 5.41 Å². The molecule has 0 saturated heterocycles. The van der Waals surface area contributed by atoms with Gasteiger partial charge in [0.15, 0.2) is 0 Å². The lowest BCUT2D eigenvalue weighted by Gasteiger charge is -2.08. The molecule has 0 atom stereocenters. The first-order valence-electron chi connectivity index (χ1n) is 4.21. The minimum absolute atomic E-state index is 0.109. The Balaban J connectivity index is 3.25. The number of esters is 1. The number of hydrogen-bond donors (Lipinski definition) is 2. The van der Waals surface area contributed by atoms with Crippen LogP contribution in [0.2, 0.25) is 0 Å². The Kier molecular flexibility index (Phi) is 3.28. The van der Waals surface area contributed by atoms with E-state index in [1.807, 2.05) is 0 Å². The summed E-state index contributed by atoms with van der Waals surface area (Å²) in [7, 11) is 2.73. The van der Waals surface area contributed by atoms with E-state index in [0.717, 1.165) is 0 Å². The van der Waals surface area contributed by atoms with E-state index in [1.54, 1.807) is 12.1 Å². The maximum atomic E-state index is 11.4. The molecule has 0 aliphatic rings. The van der Waals surface area contributed by atoms with Crippen LogP contribution in [0.15, 0.2) is 18.2 Å². The molecular weight excluding hydrogens is 196 g/mol. The minimum atomic E-state index is -0.519. The fraction of sp³-hybridized carbons (Fsp3) is 0.200. The maximum Gasteiger partial charge on any atom is 0.341 e. The number of carbonyl (C=O) groups excluding carboxylic acids is 1. The predicted octanol–water partition coefficient (Wildman–Crippen LogP) is 0.766. The molecule has 0 aromatic heterocycles. The third kappa shape index (κ3) is 2.25. The standard InChI is InChI=1S/C10H12N2O3/c1-14-8-4-3-6(9(11)12)5-7(8)10(13)15-2/h3-5H,1-2H3,(H3,11,12). The summed E-state index contributed by atoms with van der Waals surface area (Å²) in [6, 6.07) is 4.64. The molecule has 0 radical (unpaired) electrons. The van der Waals surface area contributed by atoms with Crippen LogP contribution in [0.25, 0.3) is 0 Å². The van der Waals surface area contributed by atoms with E-state index in [1.165, 1.54) is 20.3 Å². The van der Waals surface area contributed by atoms with Gasteiger partial charge in [0.1, 0.15) is 17.1 Å². The van der Waals surface area contributed by atoms with Gasteiger partial charge in [0.2, 0.25) is 0 Å². The molecule has 80 valence electrons. The lowest BCUT2D eigenvalue weighted by molar-refractivity contribution is 0.0597. The monoisotopic (exact) mass is 208 g/mol. The number of hydrogen-bond acceptors (Lipinski definition) is 4. The van der Waals surface area contributed by atoms with Crippen LogP contribution in [0.4, 0.5) is 0 Å². The van der Waals surface area contributed by atoms with Crippen molar-refractivity contribution in [3.05, 3.63) is 29.3 Å². The summed E-state index contributed by atoms with van der Waals surface area (Å²) in [5.74, 6) is -0.232. The van der Waals surface area contributed by atoms with Crippen LogP contribution in [0.3, 0.4) is 0 Å². The van der Waals surface area contributed by atoms with Gasteiger partial charge in [0.05, 0.1) is 14.2 Å². The molecule has 0 heterocycles. The summed E-state index contributed by atoms with van der Waals surface area (Å²) >= 11 is 0. The summed E-state index contributed by atoms with van der Waals surface area (Å²) in [6.45, 7) is 0. The Bertz CT molecular complexity index is 402. The zero-order chi connectivity index (χ0) is 11.4. The molecule has 0 unspecified atom stereocenters. The van der Waals surface area contributed by atoms with Gasteiger partial charge < -0.3 is 15.2 Å². The summed E-state index contributed by atoms with van der Waals surface area (Å²) < 4.78 is 9.57. The van der Waals surface area contributed by atoms with Crippen molar-refractivity contribution < 1.29 is 14.3 Å². The van der Waals surface area contributed by atoms with Crippen molar-refractivity contribution >= 4 is 11.8 Å². The number of nitrogens with two attached hydrogens (primary N) is 1. The average molecular weight is 208 g/mol. The van der Waals surface area contributed by atoms with Gasteiger partial charge >= 0.3 is 5.97 Å². The molecule has 1 rings (SSSR count). The number of amidine groups is 1. The van der Waals surface area contributed by atoms with Crippen LogP contribution in [0, 0.1) is 5.41 Å². The number of methoxy groups -OCH3 is 2. The zero-order valence-corrected chi connectivity index (χ0v) is 8.53. The normalized spacial score (nSPS) is 9.47. The second-order valence-electron chi connectivity index (χ2n) is 2.82. The zero-order valence-electron chi connectivity index (χ0n) is 8.53. The third-order valence-corrected chi connectivity index (χ3v) is 1.92. The van der Waals surface area contributed by atoms with E-state index in [-0.39, 0.29) is 11.4 Å². The quantitative estimate of drug-likeness (QED) is 0.436. The summed E-state index contributed by atoms with van der Waals surface area (Å²) in [4.78, 5) is 11.4. The van der Waals surface area contributed by atoms with Crippen LogP contribution in [0.1, 0.15) is 15.9 Å². The molecule has 5 nitrogen and oxygen atoms in total. The van der Waals surface area contributed by atoms with E-state index in [9.17, 15) is 4.79 Å². The maximum absolute atomic E-state index is 11.4. The van der Waals surface area contributed by atoms with Crippen molar-refractivity contribution in [3.8, 4) is 5.75 Å². The Morgan fingerprint density at radius 3 is 2.53 bits per heavy atom. The van der Waals surface area contributed by atoms with Crippen LogP contribution < -0.4 is 10.5 Å². The molecule has 1 aromatic rings. The number of benzene rings is 1. The first-order valence-corrected chi connectivity index (χ1v) is 4.21. The molecule has 0 saturated carbocycles. The second-order valence-corrected chi connectivity index (χ2v) is 2.82. The Hall–Kier alpha value is -2.04. The molecule has 0 fully saturated rings. The molecule has 0 aliphatic carbocycles. The molecule has 5 heteroatoms. The average Bonchev–Trinajstić information content (AvgIpc) is 2.27. The number of nitrogen functional groups attached to an aromatic ring is 1. The first-order chi connectivity index (χ1) is 7.10. The lowest BCUT2D eigenvalue weighted by atomic mass is 10.1. The van der Waals surface area contributed by atoms with Gasteiger partial charge in [-0.15, -0.1) is 0 Å². The van der Waals surface area contributed by atoms with E-state index in [4.69, 9.17) is 15.9 Å². The highest BCUT2D eigenvalue weighted by molar-refractivity contribution is 5.99. The molecular formula is C10H12N2O3. The molecule has 3 N–H and O–H groups in total. The van der Waals surface area contributed by atoms with E-state index >= 15 is 0 Å². The SMILES string of the molecule is COC(=O)c1cc(C(=N)N)ccc1OC. The van der Waals surface area contributed by atoms with Crippen molar-refractivity contribution in [2.24, 2.45) is 5.73 Å². The third-order valence-electron chi connectivity index (χ3n) is 1.92. The largest absolute Gasteiger partial charge is 0.496 e. The fourth-order valence-electron chi connectivity index (χ4n) is 1.14. The summed E-state index contributed by atoms with van der Waals surface area (Å²) in [5, 5.41) is 7.24. The number of ether oxygens (including phenoxy) is 2. The lowest BCUT2D eigenvalue weighted by Crippen LogP contribution is -2.13. The van der Waals surface area contributed by atoms with Crippen molar-refractivity contribution in [2.45, 2.75) is 0 Å². The molecule has 15 heavy (non-hydrogen) atoms. The van der Waals surface area contributed by atoms with Crippen LogP contribution >= 0.6 is 0 Å². The van der Waals surface area contributed by atoms with Crippen LogP contribution in [-0.2, 0) is 4.74 Å². The Labute approximate surface area is 87.3 Å². The van der Waals surface area contributed by atoms with Crippen molar-refractivity contribution in [3.63, 3.8) is 0 Å². The van der Waals surface area contributed by atoms with Gasteiger partial charge in [-0.2, -0.15) is 0 Å². The summed E-state index contributed by atoms with van der Waals surface area (Å²) in [5.41, 5.74) is 6.02. The van der Waals surface area contributed by atoms with Gasteiger partial charge in [0.25, 0.3) is 0 Å². The van der Waals surface area contributed by atoms with Crippen molar-refractivity contribution in [2.75, 3.05) is 14.2 Å². The van der Waals surface area contributed by atoms with Crippen LogP contribution in [-0.4, -0.2) is 26.0 Å². The number of nitrogens with one attached hydrogen (secondary N) is 1. The number of carbonyl (C=O) groups is 1. The van der Waals surface area contributed by atoms with Crippen molar-refractivity contribution in [1.82, 2.24) is 0 Å². The highest BCUT2D eigenvalue weighted by atomic mass is 16.5. The molecule has 1 aromatic carbocycles. The highest BCUT2D eigenvalue weighted by Gasteiger charge is 2.13. The minimum Gasteiger partial charge on any atom is -0.496 e. The summed E-state index contributed by atoms with van der Waals surface area (Å²) in [6.07, 6.45) is 0. The van der Waals surface area contributed by atoms with Gasteiger partial charge in [-0.25, -0.2) is 4.79 Å². The predicted molar refractivity (Wildman–Crippen MR) is 55.3 cm³/mol. The van der Waals surface area contributed by atoms with E-state index in [2.05, 4.69) is 4.74 Å². The molecule has 0 amide bonds. The molecule has 0 spiro atoms.